The highest BCUT2D eigenvalue weighted by atomic mass is 16.2. The number of nitrogens with zero attached hydrogens (tertiary/aromatic N) is 1. The molecule has 3 nitrogen and oxygen atoms in total. The van der Waals surface area contributed by atoms with E-state index in [-0.39, 0.29) is 17.2 Å². The van der Waals surface area contributed by atoms with Crippen LogP contribution in [0.2, 0.25) is 0 Å². The molecule has 3 heteroatoms. The zero-order chi connectivity index (χ0) is 13.8. The lowest BCUT2D eigenvalue weighted by molar-refractivity contribution is -0.137. The fourth-order valence-corrected chi connectivity index (χ4v) is 2.63. The van der Waals surface area contributed by atoms with Crippen molar-refractivity contribution in [3.8, 4) is 0 Å². The number of carbonyl (C=O) groups is 1. The van der Waals surface area contributed by atoms with Crippen molar-refractivity contribution >= 4 is 5.91 Å². The number of nitrogens with two attached hydrogens (primary N) is 1. The first-order valence-corrected chi connectivity index (χ1v) is 7.36. The number of rotatable bonds is 6. The molecule has 0 bridgehead atoms. The SMILES string of the molecule is CCN(CC1CCC1)C(=O)C(CN)CC(C)(C)C. The molecular formula is C15H30N2O. The maximum atomic E-state index is 12.5. The van der Waals surface area contributed by atoms with Crippen molar-refractivity contribution < 1.29 is 4.79 Å². The Morgan fingerprint density at radius 1 is 1.39 bits per heavy atom. The first-order valence-electron chi connectivity index (χ1n) is 7.36. The van der Waals surface area contributed by atoms with Crippen LogP contribution in [0.5, 0.6) is 0 Å². The van der Waals surface area contributed by atoms with Crippen LogP contribution in [0.1, 0.15) is 53.4 Å². The van der Waals surface area contributed by atoms with E-state index in [1.165, 1.54) is 19.3 Å². The summed E-state index contributed by atoms with van der Waals surface area (Å²) in [5, 5.41) is 0. The topological polar surface area (TPSA) is 46.3 Å². The quantitative estimate of drug-likeness (QED) is 0.792. The van der Waals surface area contributed by atoms with Gasteiger partial charge in [0.25, 0.3) is 0 Å². The molecule has 0 saturated heterocycles. The van der Waals surface area contributed by atoms with E-state index in [2.05, 4.69) is 27.7 Å². The molecule has 18 heavy (non-hydrogen) atoms. The van der Waals surface area contributed by atoms with Gasteiger partial charge in [0.05, 0.1) is 5.92 Å². The van der Waals surface area contributed by atoms with Crippen molar-refractivity contribution in [3.63, 3.8) is 0 Å². The van der Waals surface area contributed by atoms with Crippen molar-refractivity contribution in [1.82, 2.24) is 4.90 Å². The van der Waals surface area contributed by atoms with Gasteiger partial charge in [0.15, 0.2) is 0 Å². The summed E-state index contributed by atoms with van der Waals surface area (Å²) in [6, 6.07) is 0. The van der Waals surface area contributed by atoms with Crippen LogP contribution < -0.4 is 5.73 Å². The van der Waals surface area contributed by atoms with Gasteiger partial charge in [-0.3, -0.25) is 4.79 Å². The molecule has 0 spiro atoms. The second-order valence-corrected chi connectivity index (χ2v) is 6.87. The Balaban J connectivity index is 2.55. The van der Waals surface area contributed by atoms with Crippen molar-refractivity contribution in [2.24, 2.45) is 23.0 Å². The zero-order valence-corrected chi connectivity index (χ0v) is 12.5. The first-order chi connectivity index (χ1) is 8.37. The van der Waals surface area contributed by atoms with E-state index >= 15 is 0 Å². The normalized spacial score (nSPS) is 18.3. The van der Waals surface area contributed by atoms with Gasteiger partial charge in [-0.2, -0.15) is 0 Å². The third-order valence-corrected chi connectivity index (χ3v) is 3.89. The van der Waals surface area contributed by atoms with E-state index < -0.39 is 0 Å². The summed E-state index contributed by atoms with van der Waals surface area (Å²) in [5.74, 6) is 0.994. The summed E-state index contributed by atoms with van der Waals surface area (Å²) in [6.45, 7) is 10.8. The number of hydrogen-bond donors (Lipinski definition) is 1. The molecule has 106 valence electrons. The molecule has 0 aromatic heterocycles. The zero-order valence-electron chi connectivity index (χ0n) is 12.5. The Kier molecular flexibility index (Phi) is 5.64. The van der Waals surface area contributed by atoms with Crippen LogP contribution >= 0.6 is 0 Å². The Labute approximate surface area is 112 Å². The fourth-order valence-electron chi connectivity index (χ4n) is 2.63. The monoisotopic (exact) mass is 254 g/mol. The minimum absolute atomic E-state index is 0.00923. The first kappa shape index (κ1) is 15.5. The van der Waals surface area contributed by atoms with E-state index in [1.54, 1.807) is 0 Å². The lowest BCUT2D eigenvalue weighted by Crippen LogP contribution is -2.43. The number of amides is 1. The van der Waals surface area contributed by atoms with Crippen LogP contribution in [-0.4, -0.2) is 30.4 Å². The van der Waals surface area contributed by atoms with E-state index in [4.69, 9.17) is 5.73 Å². The summed E-state index contributed by atoms with van der Waals surface area (Å²) in [7, 11) is 0. The Hall–Kier alpha value is -0.570. The molecule has 1 fully saturated rings. The summed E-state index contributed by atoms with van der Waals surface area (Å²) in [4.78, 5) is 14.5. The van der Waals surface area contributed by atoms with Crippen LogP contribution in [-0.2, 0) is 4.79 Å². The molecule has 0 aliphatic heterocycles. The number of carbonyl (C=O) groups excluding carboxylic acids is 1. The Morgan fingerprint density at radius 2 is 2.00 bits per heavy atom. The van der Waals surface area contributed by atoms with Gasteiger partial charge in [0, 0.05) is 19.6 Å². The van der Waals surface area contributed by atoms with Gasteiger partial charge in [-0.25, -0.2) is 0 Å². The molecule has 1 unspecified atom stereocenters. The second kappa shape index (κ2) is 6.55. The largest absolute Gasteiger partial charge is 0.342 e. The highest BCUT2D eigenvalue weighted by molar-refractivity contribution is 5.79. The second-order valence-electron chi connectivity index (χ2n) is 6.87. The van der Waals surface area contributed by atoms with Gasteiger partial charge < -0.3 is 10.6 Å². The van der Waals surface area contributed by atoms with Crippen LogP contribution in [0.15, 0.2) is 0 Å². The average molecular weight is 254 g/mol. The van der Waals surface area contributed by atoms with Gasteiger partial charge in [-0.15, -0.1) is 0 Å². The van der Waals surface area contributed by atoms with Gasteiger partial charge in [-0.1, -0.05) is 27.2 Å². The van der Waals surface area contributed by atoms with Crippen LogP contribution in [0.25, 0.3) is 0 Å². The maximum Gasteiger partial charge on any atom is 0.226 e. The van der Waals surface area contributed by atoms with Gasteiger partial charge in [0.1, 0.15) is 0 Å². The predicted molar refractivity (Wildman–Crippen MR) is 76.2 cm³/mol. The van der Waals surface area contributed by atoms with Gasteiger partial charge >= 0.3 is 0 Å². The minimum Gasteiger partial charge on any atom is -0.342 e. The molecule has 2 N–H and O–H groups in total. The lowest BCUT2D eigenvalue weighted by atomic mass is 9.82. The molecule has 1 rings (SSSR count). The minimum atomic E-state index is -0.00923. The summed E-state index contributed by atoms with van der Waals surface area (Å²) < 4.78 is 0. The van der Waals surface area contributed by atoms with Gasteiger partial charge in [0.2, 0.25) is 5.91 Å². The van der Waals surface area contributed by atoms with Crippen molar-refractivity contribution in [2.75, 3.05) is 19.6 Å². The molecule has 1 saturated carbocycles. The summed E-state index contributed by atoms with van der Waals surface area (Å²) >= 11 is 0. The summed E-state index contributed by atoms with van der Waals surface area (Å²) in [5.41, 5.74) is 5.97. The molecular weight excluding hydrogens is 224 g/mol. The van der Waals surface area contributed by atoms with Crippen LogP contribution in [0.3, 0.4) is 0 Å². The van der Waals surface area contributed by atoms with Crippen molar-refractivity contribution in [2.45, 2.75) is 53.4 Å². The molecule has 0 radical (unpaired) electrons. The molecule has 0 aromatic rings. The van der Waals surface area contributed by atoms with Gasteiger partial charge in [-0.05, 0) is 37.5 Å². The van der Waals surface area contributed by atoms with Crippen molar-refractivity contribution in [3.05, 3.63) is 0 Å². The Morgan fingerprint density at radius 3 is 2.33 bits per heavy atom. The highest BCUT2D eigenvalue weighted by Gasteiger charge is 2.29. The van der Waals surface area contributed by atoms with E-state index in [0.717, 1.165) is 25.4 Å². The van der Waals surface area contributed by atoms with E-state index in [9.17, 15) is 4.79 Å². The van der Waals surface area contributed by atoms with Crippen LogP contribution in [0.4, 0.5) is 0 Å². The smallest absolute Gasteiger partial charge is 0.226 e. The predicted octanol–water partition coefficient (Wildman–Crippen LogP) is 2.65. The molecule has 0 aromatic carbocycles. The molecule has 0 heterocycles. The highest BCUT2D eigenvalue weighted by Crippen LogP contribution is 2.29. The molecule has 1 amide bonds. The third-order valence-electron chi connectivity index (χ3n) is 3.89. The Bertz CT molecular complexity index is 266. The molecule has 1 aliphatic rings. The standard InChI is InChI=1S/C15H30N2O/c1-5-17(11-12-7-6-8-12)14(18)13(10-16)9-15(2,3)4/h12-13H,5-11,16H2,1-4H3. The van der Waals surface area contributed by atoms with E-state index in [0.29, 0.717) is 6.54 Å². The lowest BCUT2D eigenvalue weighted by Gasteiger charge is -2.35. The summed E-state index contributed by atoms with van der Waals surface area (Å²) in [6.07, 6.45) is 4.79. The average Bonchev–Trinajstić information content (AvgIpc) is 2.22. The van der Waals surface area contributed by atoms with Crippen LogP contribution in [0, 0.1) is 17.3 Å². The van der Waals surface area contributed by atoms with Crippen molar-refractivity contribution in [1.29, 1.82) is 0 Å². The third kappa shape index (κ3) is 4.60. The molecule has 1 aliphatic carbocycles. The fraction of sp³-hybridized carbons (Fsp3) is 0.933. The molecule has 1 atom stereocenters. The maximum absolute atomic E-state index is 12.5. The van der Waals surface area contributed by atoms with E-state index in [1.807, 2.05) is 4.90 Å². The number of hydrogen-bond acceptors (Lipinski definition) is 2.